The van der Waals surface area contributed by atoms with Gasteiger partial charge in [0.25, 0.3) is 5.91 Å². The Hall–Kier alpha value is -1.46. The summed E-state index contributed by atoms with van der Waals surface area (Å²) in [6.45, 7) is 5.09. The van der Waals surface area contributed by atoms with E-state index in [1.807, 2.05) is 24.0 Å². The molecule has 3 heterocycles. The van der Waals surface area contributed by atoms with Gasteiger partial charge in [0.1, 0.15) is 0 Å². The van der Waals surface area contributed by atoms with Gasteiger partial charge in [0.15, 0.2) is 0 Å². The highest BCUT2D eigenvalue weighted by Gasteiger charge is 2.41. The first-order chi connectivity index (χ1) is 11.6. The zero-order valence-corrected chi connectivity index (χ0v) is 14.8. The van der Waals surface area contributed by atoms with E-state index in [0.717, 1.165) is 69.7 Å². The third-order valence-electron chi connectivity index (χ3n) is 5.52. The first-order valence-corrected chi connectivity index (χ1v) is 8.97. The van der Waals surface area contributed by atoms with Crippen LogP contribution in [0.1, 0.15) is 48.2 Å². The van der Waals surface area contributed by atoms with Crippen LogP contribution in [-0.2, 0) is 9.47 Å². The lowest BCUT2D eigenvalue weighted by Crippen LogP contribution is -2.51. The fourth-order valence-electron chi connectivity index (χ4n) is 4.01. The van der Waals surface area contributed by atoms with E-state index in [0.29, 0.717) is 5.92 Å². The highest BCUT2D eigenvalue weighted by molar-refractivity contribution is 5.95. The predicted octanol–water partition coefficient (Wildman–Crippen LogP) is 2.83. The van der Waals surface area contributed by atoms with Crippen molar-refractivity contribution in [2.45, 2.75) is 44.6 Å². The van der Waals surface area contributed by atoms with Gasteiger partial charge in [0.05, 0.1) is 11.2 Å². The van der Waals surface area contributed by atoms with Crippen molar-refractivity contribution in [2.24, 2.45) is 5.92 Å². The van der Waals surface area contributed by atoms with E-state index in [2.05, 4.69) is 4.98 Å². The number of likely N-dealkylation sites (tertiary alicyclic amines) is 1. The van der Waals surface area contributed by atoms with Crippen LogP contribution in [0.5, 0.6) is 0 Å². The molecule has 0 bridgehead atoms. The van der Waals surface area contributed by atoms with Gasteiger partial charge < -0.3 is 14.4 Å². The molecule has 1 spiro atoms. The summed E-state index contributed by atoms with van der Waals surface area (Å²) in [5.41, 5.74) is 1.49. The van der Waals surface area contributed by atoms with Gasteiger partial charge in [-0.2, -0.15) is 0 Å². The number of hydrogen-bond acceptors (Lipinski definition) is 4. The second kappa shape index (κ2) is 7.62. The summed E-state index contributed by atoms with van der Waals surface area (Å²) in [5.74, 6) is 0.781. The molecule has 2 fully saturated rings. The van der Waals surface area contributed by atoms with Crippen molar-refractivity contribution in [2.75, 3.05) is 33.4 Å². The lowest BCUT2D eigenvalue weighted by atomic mass is 9.78. The van der Waals surface area contributed by atoms with E-state index in [1.165, 1.54) is 0 Å². The number of methoxy groups -OCH3 is 1. The molecule has 0 aromatic carbocycles. The second-order valence-electron chi connectivity index (χ2n) is 7.10. The van der Waals surface area contributed by atoms with Gasteiger partial charge in [-0.1, -0.05) is 0 Å². The third-order valence-corrected chi connectivity index (χ3v) is 5.52. The maximum absolute atomic E-state index is 12.7. The molecule has 2 aliphatic heterocycles. The van der Waals surface area contributed by atoms with Crippen LogP contribution in [0.25, 0.3) is 0 Å². The molecule has 132 valence electrons. The average Bonchev–Trinajstić information content (AvgIpc) is 2.61. The largest absolute Gasteiger partial charge is 0.385 e. The van der Waals surface area contributed by atoms with Gasteiger partial charge in [0.2, 0.25) is 0 Å². The summed E-state index contributed by atoms with van der Waals surface area (Å²) < 4.78 is 11.4. The van der Waals surface area contributed by atoms with Gasteiger partial charge in [-0.05, 0) is 57.1 Å². The molecule has 5 heteroatoms. The highest BCUT2D eigenvalue weighted by atomic mass is 16.5. The van der Waals surface area contributed by atoms with Crippen LogP contribution in [0.3, 0.4) is 0 Å². The summed E-state index contributed by atoms with van der Waals surface area (Å²) in [6.07, 6.45) is 6.93. The van der Waals surface area contributed by atoms with Crippen molar-refractivity contribution in [3.8, 4) is 0 Å². The minimum absolute atomic E-state index is 0.0303. The van der Waals surface area contributed by atoms with E-state index in [-0.39, 0.29) is 11.5 Å². The lowest BCUT2D eigenvalue weighted by Gasteiger charge is -2.46. The molecule has 1 atom stereocenters. The zero-order chi connectivity index (χ0) is 17.0. The Morgan fingerprint density at radius 1 is 1.46 bits per heavy atom. The number of aryl methyl sites for hydroxylation is 1. The van der Waals surface area contributed by atoms with Crippen molar-refractivity contribution >= 4 is 5.91 Å². The predicted molar refractivity (Wildman–Crippen MR) is 92.0 cm³/mol. The monoisotopic (exact) mass is 332 g/mol. The Kier molecular flexibility index (Phi) is 5.51. The molecule has 5 nitrogen and oxygen atoms in total. The van der Waals surface area contributed by atoms with Crippen LogP contribution >= 0.6 is 0 Å². The molecule has 0 aliphatic carbocycles. The molecular weight excluding hydrogens is 304 g/mol. The van der Waals surface area contributed by atoms with Crippen molar-refractivity contribution in [3.05, 3.63) is 29.6 Å². The lowest BCUT2D eigenvalue weighted by molar-refractivity contribution is -0.125. The summed E-state index contributed by atoms with van der Waals surface area (Å²) >= 11 is 0. The molecule has 24 heavy (non-hydrogen) atoms. The van der Waals surface area contributed by atoms with Crippen LogP contribution in [0.15, 0.2) is 18.3 Å². The Balaban J connectivity index is 1.59. The van der Waals surface area contributed by atoms with Gasteiger partial charge in [0, 0.05) is 45.3 Å². The molecule has 1 amide bonds. The molecule has 1 aromatic heterocycles. The van der Waals surface area contributed by atoms with Crippen molar-refractivity contribution in [1.29, 1.82) is 0 Å². The number of nitrogens with zero attached hydrogens (tertiary/aromatic N) is 2. The Bertz CT molecular complexity index is 567. The standard InChI is InChI=1S/C19H28N2O3/c1-15-17(4-3-9-20-15)18(22)21-10-7-19(8-11-21)14-16(5-12-23-2)6-13-24-19/h3-4,9,16H,5-8,10-14H2,1-2H3. The molecule has 0 radical (unpaired) electrons. The molecule has 1 aromatic rings. The van der Waals surface area contributed by atoms with Crippen molar-refractivity contribution in [3.63, 3.8) is 0 Å². The first kappa shape index (κ1) is 17.4. The smallest absolute Gasteiger partial charge is 0.255 e. The van der Waals surface area contributed by atoms with Crippen LogP contribution in [0, 0.1) is 12.8 Å². The highest BCUT2D eigenvalue weighted by Crippen LogP contribution is 2.39. The fourth-order valence-corrected chi connectivity index (χ4v) is 4.01. The fraction of sp³-hybridized carbons (Fsp3) is 0.684. The number of rotatable bonds is 4. The number of carbonyl (C=O) groups excluding carboxylic acids is 1. The van der Waals surface area contributed by atoms with Crippen LogP contribution < -0.4 is 0 Å². The summed E-state index contributed by atoms with van der Waals surface area (Å²) in [5, 5.41) is 0. The summed E-state index contributed by atoms with van der Waals surface area (Å²) in [6, 6.07) is 3.70. The number of piperidine rings is 1. The maximum atomic E-state index is 12.7. The van der Waals surface area contributed by atoms with E-state index in [9.17, 15) is 4.79 Å². The van der Waals surface area contributed by atoms with Gasteiger partial charge >= 0.3 is 0 Å². The van der Waals surface area contributed by atoms with E-state index >= 15 is 0 Å². The Morgan fingerprint density at radius 3 is 2.96 bits per heavy atom. The SMILES string of the molecule is COCCC1CCOC2(CCN(C(=O)c3cccnc3C)CC2)C1. The van der Waals surface area contributed by atoms with E-state index in [4.69, 9.17) is 9.47 Å². The molecule has 1 unspecified atom stereocenters. The summed E-state index contributed by atoms with van der Waals surface area (Å²) in [7, 11) is 1.76. The van der Waals surface area contributed by atoms with E-state index in [1.54, 1.807) is 13.3 Å². The second-order valence-corrected chi connectivity index (χ2v) is 7.10. The average molecular weight is 332 g/mol. The van der Waals surface area contributed by atoms with Crippen LogP contribution in [0.2, 0.25) is 0 Å². The number of pyridine rings is 1. The molecule has 0 N–H and O–H groups in total. The molecular formula is C19H28N2O3. The Labute approximate surface area is 144 Å². The van der Waals surface area contributed by atoms with Crippen molar-refractivity contribution in [1.82, 2.24) is 9.88 Å². The first-order valence-electron chi connectivity index (χ1n) is 8.97. The van der Waals surface area contributed by atoms with Crippen molar-refractivity contribution < 1.29 is 14.3 Å². The van der Waals surface area contributed by atoms with Crippen LogP contribution in [-0.4, -0.2) is 54.8 Å². The maximum Gasteiger partial charge on any atom is 0.255 e. The van der Waals surface area contributed by atoms with Gasteiger partial charge in [-0.15, -0.1) is 0 Å². The number of hydrogen-bond donors (Lipinski definition) is 0. The minimum Gasteiger partial charge on any atom is -0.385 e. The third kappa shape index (κ3) is 3.78. The molecule has 2 aliphatic rings. The number of carbonyl (C=O) groups is 1. The zero-order valence-electron chi connectivity index (χ0n) is 14.8. The topological polar surface area (TPSA) is 51.7 Å². The van der Waals surface area contributed by atoms with Gasteiger partial charge in [-0.3, -0.25) is 9.78 Å². The minimum atomic E-state index is -0.0303. The molecule has 0 saturated carbocycles. The van der Waals surface area contributed by atoms with E-state index < -0.39 is 0 Å². The molecule has 3 rings (SSSR count). The summed E-state index contributed by atoms with van der Waals surface area (Å²) in [4.78, 5) is 18.9. The Morgan fingerprint density at radius 2 is 2.25 bits per heavy atom. The number of amides is 1. The van der Waals surface area contributed by atoms with Gasteiger partial charge in [-0.25, -0.2) is 0 Å². The quantitative estimate of drug-likeness (QED) is 0.851. The number of ether oxygens (including phenoxy) is 2. The van der Waals surface area contributed by atoms with Crippen LogP contribution in [0.4, 0.5) is 0 Å². The normalized spacial score (nSPS) is 23.4. The number of aromatic nitrogens is 1. The molecule has 2 saturated heterocycles.